The molecule has 4 aromatic carbocycles. The third kappa shape index (κ3) is 6.66. The Morgan fingerprint density at radius 3 is 2.06 bits per heavy atom. The molecule has 1 atom stereocenters. The van der Waals surface area contributed by atoms with E-state index in [0.29, 0.717) is 22.7 Å². The number of anilines is 3. The second-order valence-corrected chi connectivity index (χ2v) is 11.5. The molecule has 0 saturated carbocycles. The molecule has 3 amide bonds. The van der Waals surface area contributed by atoms with Crippen LogP contribution in [0, 0.1) is 6.92 Å². The fourth-order valence-corrected chi connectivity index (χ4v) is 5.71. The smallest absolute Gasteiger partial charge is 0.299 e. The number of methoxy groups -OCH3 is 3. The maximum Gasteiger partial charge on any atom is 0.299 e. The van der Waals surface area contributed by atoms with Gasteiger partial charge in [0.2, 0.25) is 11.7 Å². The summed E-state index contributed by atoms with van der Waals surface area (Å²) in [5.41, 5.74) is 4.08. The van der Waals surface area contributed by atoms with Crippen molar-refractivity contribution in [1.29, 1.82) is 0 Å². The first-order chi connectivity index (χ1) is 23.1. The summed E-state index contributed by atoms with van der Waals surface area (Å²) in [7, 11) is 8.24. The molecule has 11 nitrogen and oxygen atoms in total. The van der Waals surface area contributed by atoms with Gasteiger partial charge in [0.1, 0.15) is 12.6 Å². The molecule has 248 valence electrons. The summed E-state index contributed by atoms with van der Waals surface area (Å²) in [5.74, 6) is -1.69. The molecule has 0 fully saturated rings. The fourth-order valence-electron chi connectivity index (χ4n) is 5.71. The summed E-state index contributed by atoms with van der Waals surface area (Å²) in [5, 5.41) is 2.97. The number of aryl methyl sites for hydroxylation is 1. The number of nitrogens with one attached hydrogen (secondary N) is 1. The quantitative estimate of drug-likeness (QED) is 0.213. The molecule has 0 bridgehead atoms. The Morgan fingerprint density at radius 2 is 1.46 bits per heavy atom. The first-order valence-electron chi connectivity index (χ1n) is 15.2. The van der Waals surface area contributed by atoms with Gasteiger partial charge in [0, 0.05) is 32.0 Å². The van der Waals surface area contributed by atoms with E-state index < -0.39 is 36.1 Å². The molecule has 5 rings (SSSR count). The topological polar surface area (TPSA) is 118 Å². The Bertz CT molecular complexity index is 1830. The van der Waals surface area contributed by atoms with Gasteiger partial charge in [-0.05, 0) is 72.1 Å². The van der Waals surface area contributed by atoms with Gasteiger partial charge in [-0.2, -0.15) is 0 Å². The Hall–Kier alpha value is -5.84. The number of benzene rings is 4. The molecule has 0 aliphatic carbocycles. The summed E-state index contributed by atoms with van der Waals surface area (Å²) >= 11 is 0. The molecule has 1 heterocycles. The number of hydrogen-bond donors (Lipinski definition) is 1. The Morgan fingerprint density at radius 1 is 0.833 bits per heavy atom. The Balaban J connectivity index is 1.64. The van der Waals surface area contributed by atoms with E-state index in [0.717, 1.165) is 21.7 Å². The van der Waals surface area contributed by atoms with Crippen molar-refractivity contribution in [2.24, 2.45) is 0 Å². The van der Waals surface area contributed by atoms with E-state index in [4.69, 9.17) is 14.2 Å². The van der Waals surface area contributed by atoms with E-state index in [-0.39, 0.29) is 23.6 Å². The number of carbonyl (C=O) groups excluding carboxylic acids is 4. The van der Waals surface area contributed by atoms with Crippen LogP contribution >= 0.6 is 0 Å². The van der Waals surface area contributed by atoms with Crippen molar-refractivity contribution in [3.05, 3.63) is 107 Å². The van der Waals surface area contributed by atoms with Crippen molar-refractivity contribution in [2.75, 3.05) is 57.1 Å². The molecule has 1 aliphatic rings. The molecule has 0 unspecified atom stereocenters. The molecule has 1 aliphatic heterocycles. The molecule has 1 N–H and O–H groups in total. The minimum atomic E-state index is -1.25. The predicted octanol–water partition coefficient (Wildman–Crippen LogP) is 5.02. The molecule has 11 heteroatoms. The maximum absolute atomic E-state index is 14.5. The zero-order valence-electron chi connectivity index (χ0n) is 27.8. The monoisotopic (exact) mass is 650 g/mol. The highest BCUT2D eigenvalue weighted by molar-refractivity contribution is 6.52. The van der Waals surface area contributed by atoms with Crippen molar-refractivity contribution in [3.63, 3.8) is 0 Å². The predicted molar refractivity (Wildman–Crippen MR) is 183 cm³/mol. The summed E-state index contributed by atoms with van der Waals surface area (Å²) < 4.78 is 16.8. The lowest BCUT2D eigenvalue weighted by atomic mass is 10.00. The van der Waals surface area contributed by atoms with Crippen LogP contribution in [0.2, 0.25) is 0 Å². The summed E-state index contributed by atoms with van der Waals surface area (Å²) in [6.07, 6.45) is 0. The van der Waals surface area contributed by atoms with E-state index in [9.17, 15) is 19.2 Å². The summed E-state index contributed by atoms with van der Waals surface area (Å²) in [4.78, 5) is 59.5. The number of nitrogens with zero attached hydrogens (tertiary/aromatic N) is 3. The van der Waals surface area contributed by atoms with Crippen molar-refractivity contribution in [3.8, 4) is 17.2 Å². The van der Waals surface area contributed by atoms with Gasteiger partial charge in [-0.25, -0.2) is 0 Å². The van der Waals surface area contributed by atoms with Crippen molar-refractivity contribution in [1.82, 2.24) is 4.90 Å². The maximum atomic E-state index is 14.5. The standard InChI is InChI=1S/C37H38N4O7/c1-23-11-7-8-12-24(23)21-41(32(42)22-40-29-14-10-9-13-28(29)34(43)37(40)45)33(25-19-30(46-4)35(48-6)31(20-25)47-5)36(44)38-26-15-17-27(18-16-26)39(2)3/h7-20,33H,21-22H2,1-6H3,(H,38,44)/t33-/m1/s1. The van der Waals surface area contributed by atoms with Crippen LogP contribution in [0.4, 0.5) is 17.1 Å². The first kappa shape index (κ1) is 33.5. The van der Waals surface area contributed by atoms with Gasteiger partial charge < -0.3 is 29.3 Å². The zero-order chi connectivity index (χ0) is 34.5. The van der Waals surface area contributed by atoms with Crippen molar-refractivity contribution < 1.29 is 33.4 Å². The molecule has 0 radical (unpaired) electrons. The van der Waals surface area contributed by atoms with Gasteiger partial charge in [-0.1, -0.05) is 36.4 Å². The minimum Gasteiger partial charge on any atom is -0.493 e. The lowest BCUT2D eigenvalue weighted by Gasteiger charge is -2.33. The van der Waals surface area contributed by atoms with Crippen LogP contribution in [0.3, 0.4) is 0 Å². The number of carbonyl (C=O) groups is 4. The number of rotatable bonds is 12. The largest absolute Gasteiger partial charge is 0.493 e. The lowest BCUT2D eigenvalue weighted by molar-refractivity contribution is -0.139. The van der Waals surface area contributed by atoms with Crippen LogP contribution in [-0.4, -0.2) is 70.4 Å². The third-order valence-corrected chi connectivity index (χ3v) is 8.31. The summed E-state index contributed by atoms with van der Waals surface area (Å²) in [6.45, 7) is 1.45. The van der Waals surface area contributed by atoms with E-state index in [1.54, 1.807) is 48.5 Å². The first-order valence-corrected chi connectivity index (χ1v) is 15.2. The lowest BCUT2D eigenvalue weighted by Crippen LogP contribution is -2.46. The van der Waals surface area contributed by atoms with Gasteiger partial charge in [0.15, 0.2) is 11.5 Å². The van der Waals surface area contributed by atoms with Crippen LogP contribution in [0.5, 0.6) is 17.2 Å². The van der Waals surface area contributed by atoms with Crippen LogP contribution in [0.25, 0.3) is 0 Å². The number of ether oxygens (including phenoxy) is 3. The molecule has 4 aromatic rings. The highest BCUT2D eigenvalue weighted by Gasteiger charge is 2.40. The summed E-state index contributed by atoms with van der Waals surface area (Å²) in [6, 6.07) is 23.4. The fraction of sp³-hybridized carbons (Fsp3) is 0.243. The molecule has 0 saturated heterocycles. The normalized spacial score (nSPS) is 12.7. The average molecular weight is 651 g/mol. The molecule has 48 heavy (non-hydrogen) atoms. The SMILES string of the molecule is COc1cc([C@H](C(=O)Nc2ccc(N(C)C)cc2)N(Cc2ccccc2C)C(=O)CN2C(=O)C(=O)c3ccccc32)cc(OC)c1OC. The van der Waals surface area contributed by atoms with Gasteiger partial charge in [0.25, 0.3) is 17.6 Å². The van der Waals surface area contributed by atoms with Crippen LogP contribution in [0.15, 0.2) is 84.9 Å². The van der Waals surface area contributed by atoms with Crippen LogP contribution in [-0.2, 0) is 20.9 Å². The number of para-hydroxylation sites is 1. The van der Waals surface area contributed by atoms with Gasteiger partial charge in [-0.15, -0.1) is 0 Å². The molecule has 0 spiro atoms. The molecule has 0 aromatic heterocycles. The van der Waals surface area contributed by atoms with Gasteiger partial charge in [0.05, 0.1) is 32.6 Å². The number of hydrogen-bond acceptors (Lipinski definition) is 8. The minimum absolute atomic E-state index is 0.0114. The molecular weight excluding hydrogens is 612 g/mol. The van der Waals surface area contributed by atoms with Crippen molar-refractivity contribution >= 4 is 40.6 Å². The van der Waals surface area contributed by atoms with Crippen LogP contribution < -0.4 is 29.3 Å². The highest BCUT2D eigenvalue weighted by atomic mass is 16.5. The van der Waals surface area contributed by atoms with Gasteiger partial charge >= 0.3 is 0 Å². The van der Waals surface area contributed by atoms with Crippen LogP contribution in [0.1, 0.15) is 33.1 Å². The highest BCUT2D eigenvalue weighted by Crippen LogP contribution is 2.41. The Kier molecular flexibility index (Phi) is 9.98. The van der Waals surface area contributed by atoms with E-state index in [1.807, 2.05) is 62.3 Å². The average Bonchev–Trinajstić information content (AvgIpc) is 3.33. The zero-order valence-corrected chi connectivity index (χ0v) is 27.8. The van der Waals surface area contributed by atoms with Crippen molar-refractivity contribution in [2.45, 2.75) is 19.5 Å². The second-order valence-electron chi connectivity index (χ2n) is 11.5. The molecular formula is C37H38N4O7. The number of fused-ring (bicyclic) bond motifs is 1. The number of Topliss-reactive ketones (excluding diaryl/α,β-unsaturated/α-hetero) is 1. The van der Waals surface area contributed by atoms with E-state index >= 15 is 0 Å². The number of ketones is 1. The second kappa shape index (κ2) is 14.3. The van der Waals surface area contributed by atoms with E-state index in [2.05, 4.69) is 5.32 Å². The Labute approximate surface area is 279 Å². The number of amides is 3. The van der Waals surface area contributed by atoms with Gasteiger partial charge in [-0.3, -0.25) is 24.1 Å². The third-order valence-electron chi connectivity index (χ3n) is 8.31. The van der Waals surface area contributed by atoms with E-state index in [1.165, 1.54) is 26.2 Å².